The van der Waals surface area contributed by atoms with Crippen molar-refractivity contribution in [2.45, 2.75) is 44.6 Å². The molecule has 0 aromatic carbocycles. The number of sulfonamides is 1. The molecule has 0 bridgehead atoms. The van der Waals surface area contributed by atoms with Gasteiger partial charge in [-0.3, -0.25) is 0 Å². The maximum absolute atomic E-state index is 12.7. The van der Waals surface area contributed by atoms with E-state index in [-0.39, 0.29) is 10.9 Å². The Labute approximate surface area is 130 Å². The molecule has 7 heteroatoms. The Balaban J connectivity index is 3.25. The molecule has 0 saturated heterocycles. The van der Waals surface area contributed by atoms with Crippen LogP contribution in [0, 0.1) is 0 Å². The molecule has 1 heterocycles. The van der Waals surface area contributed by atoms with Crippen molar-refractivity contribution in [1.82, 2.24) is 9.29 Å². The molecule has 1 atom stereocenters. The first-order valence-corrected chi connectivity index (χ1v) is 8.95. The molecule has 0 spiro atoms. The van der Waals surface area contributed by atoms with Crippen LogP contribution in [0.4, 0.5) is 5.82 Å². The fourth-order valence-electron chi connectivity index (χ4n) is 1.64. The lowest BCUT2D eigenvalue weighted by atomic mass is 10.3. The third kappa shape index (κ3) is 3.93. The molecule has 0 fully saturated rings. The van der Waals surface area contributed by atoms with Gasteiger partial charge in [0.15, 0.2) is 0 Å². The van der Waals surface area contributed by atoms with Gasteiger partial charge in [-0.05, 0) is 41.8 Å². The SMILES string of the molecule is CCCNc1ncc(Br)cc1S(=O)(=O)N(C)C(C)CC. The fourth-order valence-corrected chi connectivity index (χ4v) is 3.70. The van der Waals surface area contributed by atoms with Gasteiger partial charge in [-0.25, -0.2) is 13.4 Å². The first kappa shape index (κ1) is 17.4. The van der Waals surface area contributed by atoms with Gasteiger partial charge < -0.3 is 5.32 Å². The molecule has 0 radical (unpaired) electrons. The van der Waals surface area contributed by atoms with Crippen molar-refractivity contribution in [2.75, 3.05) is 18.9 Å². The molecule has 0 saturated carbocycles. The highest BCUT2D eigenvalue weighted by molar-refractivity contribution is 9.10. The third-order valence-electron chi connectivity index (χ3n) is 3.23. The second kappa shape index (κ2) is 7.38. The molecular formula is C13H22BrN3O2S. The lowest BCUT2D eigenvalue weighted by Gasteiger charge is -2.24. The zero-order chi connectivity index (χ0) is 15.3. The zero-order valence-electron chi connectivity index (χ0n) is 12.4. The van der Waals surface area contributed by atoms with Crippen LogP contribution in [0.5, 0.6) is 0 Å². The number of halogens is 1. The number of hydrogen-bond acceptors (Lipinski definition) is 4. The molecule has 5 nitrogen and oxygen atoms in total. The minimum absolute atomic E-state index is 0.0574. The summed E-state index contributed by atoms with van der Waals surface area (Å²) in [6.45, 7) is 6.56. The number of nitrogens with zero attached hydrogens (tertiary/aromatic N) is 2. The van der Waals surface area contributed by atoms with E-state index >= 15 is 0 Å². The Morgan fingerprint density at radius 2 is 2.10 bits per heavy atom. The Morgan fingerprint density at radius 1 is 1.45 bits per heavy atom. The molecule has 0 amide bonds. The van der Waals surface area contributed by atoms with Crippen LogP contribution in [-0.4, -0.2) is 37.3 Å². The van der Waals surface area contributed by atoms with E-state index in [9.17, 15) is 8.42 Å². The lowest BCUT2D eigenvalue weighted by molar-refractivity contribution is 0.380. The Kier molecular flexibility index (Phi) is 6.42. The first-order chi connectivity index (χ1) is 9.34. The largest absolute Gasteiger partial charge is 0.369 e. The van der Waals surface area contributed by atoms with Crippen molar-refractivity contribution < 1.29 is 8.42 Å². The average molecular weight is 364 g/mol. The standard InChI is InChI=1S/C13H22BrN3O2S/c1-5-7-15-13-12(8-11(14)9-16-13)20(18,19)17(4)10(3)6-2/h8-10H,5-7H2,1-4H3,(H,15,16). The summed E-state index contributed by atoms with van der Waals surface area (Å²) in [4.78, 5) is 4.40. The number of pyridine rings is 1. The second-order valence-corrected chi connectivity index (χ2v) is 7.59. The van der Waals surface area contributed by atoms with E-state index in [0.717, 1.165) is 12.8 Å². The molecular weight excluding hydrogens is 342 g/mol. The van der Waals surface area contributed by atoms with Gasteiger partial charge in [0.2, 0.25) is 10.0 Å². The highest BCUT2D eigenvalue weighted by Gasteiger charge is 2.28. The molecule has 1 N–H and O–H groups in total. The van der Waals surface area contributed by atoms with Gasteiger partial charge >= 0.3 is 0 Å². The van der Waals surface area contributed by atoms with Crippen LogP contribution in [0.3, 0.4) is 0 Å². The number of hydrogen-bond donors (Lipinski definition) is 1. The smallest absolute Gasteiger partial charge is 0.246 e. The van der Waals surface area contributed by atoms with Gasteiger partial charge in [0, 0.05) is 30.3 Å². The molecule has 1 unspecified atom stereocenters. The van der Waals surface area contributed by atoms with Gasteiger partial charge in [0.05, 0.1) is 0 Å². The molecule has 1 rings (SSSR count). The first-order valence-electron chi connectivity index (χ1n) is 6.72. The third-order valence-corrected chi connectivity index (χ3v) is 5.65. The summed E-state index contributed by atoms with van der Waals surface area (Å²) < 4.78 is 27.4. The maximum atomic E-state index is 12.7. The van der Waals surface area contributed by atoms with Crippen molar-refractivity contribution >= 4 is 31.8 Å². The maximum Gasteiger partial charge on any atom is 0.246 e. The summed E-state index contributed by atoms with van der Waals surface area (Å²) in [5, 5.41) is 3.07. The van der Waals surface area contributed by atoms with E-state index in [1.807, 2.05) is 20.8 Å². The molecule has 0 aliphatic heterocycles. The van der Waals surface area contributed by atoms with Crippen molar-refractivity contribution in [2.24, 2.45) is 0 Å². The minimum Gasteiger partial charge on any atom is -0.369 e. The summed E-state index contributed by atoms with van der Waals surface area (Å²) in [7, 11) is -1.95. The number of nitrogens with one attached hydrogen (secondary N) is 1. The Bertz CT molecular complexity index is 549. The van der Waals surface area contributed by atoms with Gasteiger partial charge in [0.1, 0.15) is 10.7 Å². The van der Waals surface area contributed by atoms with Crippen molar-refractivity contribution in [1.29, 1.82) is 0 Å². The van der Waals surface area contributed by atoms with Crippen LogP contribution < -0.4 is 5.32 Å². The predicted molar refractivity (Wildman–Crippen MR) is 85.4 cm³/mol. The zero-order valence-corrected chi connectivity index (χ0v) is 14.8. The van der Waals surface area contributed by atoms with Crippen LogP contribution in [0.2, 0.25) is 0 Å². The number of anilines is 1. The Hall–Kier alpha value is -0.660. The monoisotopic (exact) mass is 363 g/mol. The number of aromatic nitrogens is 1. The Morgan fingerprint density at radius 3 is 2.65 bits per heavy atom. The predicted octanol–water partition coefficient (Wildman–Crippen LogP) is 3.09. The molecule has 1 aromatic rings. The quantitative estimate of drug-likeness (QED) is 0.808. The number of rotatable bonds is 7. The summed E-state index contributed by atoms with van der Waals surface area (Å²) in [6.07, 6.45) is 3.26. The normalized spacial score (nSPS) is 13.5. The highest BCUT2D eigenvalue weighted by Crippen LogP contribution is 2.26. The van der Waals surface area contributed by atoms with Crippen LogP contribution in [0.15, 0.2) is 21.6 Å². The van der Waals surface area contributed by atoms with Gasteiger partial charge in [-0.15, -0.1) is 0 Å². The topological polar surface area (TPSA) is 62.3 Å². The fraction of sp³-hybridized carbons (Fsp3) is 0.615. The van der Waals surface area contributed by atoms with E-state index in [2.05, 4.69) is 26.2 Å². The summed E-state index contributed by atoms with van der Waals surface area (Å²) in [6, 6.07) is 1.54. The van der Waals surface area contributed by atoms with Crippen LogP contribution >= 0.6 is 15.9 Å². The van der Waals surface area contributed by atoms with Gasteiger partial charge in [-0.2, -0.15) is 4.31 Å². The van der Waals surface area contributed by atoms with E-state index in [4.69, 9.17) is 0 Å². The van der Waals surface area contributed by atoms with E-state index in [1.54, 1.807) is 19.3 Å². The van der Waals surface area contributed by atoms with Crippen LogP contribution in [0.1, 0.15) is 33.6 Å². The van der Waals surface area contributed by atoms with E-state index in [1.165, 1.54) is 4.31 Å². The van der Waals surface area contributed by atoms with Crippen LogP contribution in [-0.2, 0) is 10.0 Å². The van der Waals surface area contributed by atoms with Crippen molar-refractivity contribution in [3.05, 3.63) is 16.7 Å². The highest BCUT2D eigenvalue weighted by atomic mass is 79.9. The van der Waals surface area contributed by atoms with E-state index in [0.29, 0.717) is 16.8 Å². The summed E-state index contributed by atoms with van der Waals surface area (Å²) >= 11 is 3.29. The van der Waals surface area contributed by atoms with Crippen molar-refractivity contribution in [3.8, 4) is 0 Å². The van der Waals surface area contributed by atoms with Gasteiger partial charge in [-0.1, -0.05) is 13.8 Å². The molecule has 114 valence electrons. The van der Waals surface area contributed by atoms with Crippen molar-refractivity contribution in [3.63, 3.8) is 0 Å². The second-order valence-electron chi connectivity index (χ2n) is 4.71. The molecule has 0 aliphatic carbocycles. The summed E-state index contributed by atoms with van der Waals surface area (Å²) in [5.74, 6) is 0.408. The summed E-state index contributed by atoms with van der Waals surface area (Å²) in [5.41, 5.74) is 0. The molecule has 20 heavy (non-hydrogen) atoms. The molecule has 0 aliphatic rings. The lowest BCUT2D eigenvalue weighted by Crippen LogP contribution is -2.35. The minimum atomic E-state index is -3.56. The van der Waals surface area contributed by atoms with Gasteiger partial charge in [0.25, 0.3) is 0 Å². The average Bonchev–Trinajstić information content (AvgIpc) is 2.44. The van der Waals surface area contributed by atoms with Crippen LogP contribution in [0.25, 0.3) is 0 Å². The molecule has 1 aromatic heterocycles. The van der Waals surface area contributed by atoms with E-state index < -0.39 is 10.0 Å².